The summed E-state index contributed by atoms with van der Waals surface area (Å²) in [7, 11) is 0. The first-order chi connectivity index (χ1) is 9.56. The monoisotopic (exact) mass is 278 g/mol. The predicted octanol–water partition coefficient (Wildman–Crippen LogP) is 0.911. The van der Waals surface area contributed by atoms with E-state index in [1.54, 1.807) is 13.0 Å². The molecule has 6 nitrogen and oxygen atoms in total. The van der Waals surface area contributed by atoms with E-state index in [9.17, 15) is 14.9 Å². The van der Waals surface area contributed by atoms with Gasteiger partial charge in [-0.25, -0.2) is 0 Å². The number of rotatable bonds is 4. The molecule has 0 atom stereocenters. The molecule has 0 aliphatic carbocycles. The summed E-state index contributed by atoms with van der Waals surface area (Å²) >= 11 is 0. The Morgan fingerprint density at radius 2 is 2.05 bits per heavy atom. The van der Waals surface area contributed by atoms with Crippen LogP contribution in [0.4, 0.5) is 11.4 Å². The second-order valence-electron chi connectivity index (χ2n) is 5.29. The molecule has 1 aliphatic heterocycles. The number of likely N-dealkylation sites (tertiary alicyclic amines) is 1. The lowest BCUT2D eigenvalue weighted by molar-refractivity contribution is -0.896. The molecule has 1 fully saturated rings. The van der Waals surface area contributed by atoms with Gasteiger partial charge >= 0.3 is 0 Å². The standard InChI is InChI=1S/C14H19N3O3/c1-11-9-12(17(19)20)5-6-13(11)15-14(18)10-16-7-3-2-4-8-16/h5-6,9H,2-4,7-8,10H2,1H3,(H,15,18)/p+1. The molecule has 6 heteroatoms. The number of nitrogens with zero attached hydrogens (tertiary/aromatic N) is 1. The van der Waals surface area contributed by atoms with E-state index in [0.717, 1.165) is 13.1 Å². The lowest BCUT2D eigenvalue weighted by atomic mass is 10.1. The highest BCUT2D eigenvalue weighted by Crippen LogP contribution is 2.20. The van der Waals surface area contributed by atoms with Gasteiger partial charge in [-0.05, 0) is 37.8 Å². The van der Waals surface area contributed by atoms with Gasteiger partial charge in [0, 0.05) is 17.8 Å². The van der Waals surface area contributed by atoms with Gasteiger partial charge in [-0.3, -0.25) is 14.9 Å². The van der Waals surface area contributed by atoms with Crippen LogP contribution in [0.15, 0.2) is 18.2 Å². The van der Waals surface area contributed by atoms with E-state index in [4.69, 9.17) is 0 Å². The first kappa shape index (κ1) is 14.5. The summed E-state index contributed by atoms with van der Waals surface area (Å²) in [6.07, 6.45) is 3.62. The number of non-ortho nitro benzene ring substituents is 1. The van der Waals surface area contributed by atoms with Gasteiger partial charge in [-0.15, -0.1) is 0 Å². The molecule has 0 radical (unpaired) electrons. The normalized spacial score (nSPS) is 15.8. The van der Waals surface area contributed by atoms with Gasteiger partial charge in [0.1, 0.15) is 0 Å². The van der Waals surface area contributed by atoms with Crippen LogP contribution in [0.3, 0.4) is 0 Å². The minimum atomic E-state index is -0.434. The molecule has 2 rings (SSSR count). The molecule has 0 saturated carbocycles. The third-order valence-corrected chi connectivity index (χ3v) is 3.67. The number of quaternary nitrogens is 1. The number of piperidine rings is 1. The van der Waals surface area contributed by atoms with Crippen LogP contribution in [0.1, 0.15) is 24.8 Å². The Balaban J connectivity index is 1.95. The third kappa shape index (κ3) is 3.77. The van der Waals surface area contributed by atoms with Crippen LogP contribution in [0.25, 0.3) is 0 Å². The molecule has 1 aromatic rings. The number of nitro groups is 1. The van der Waals surface area contributed by atoms with Gasteiger partial charge in [-0.1, -0.05) is 0 Å². The summed E-state index contributed by atoms with van der Waals surface area (Å²) in [5.74, 6) is -0.0288. The third-order valence-electron chi connectivity index (χ3n) is 3.67. The fraction of sp³-hybridized carbons (Fsp3) is 0.500. The lowest BCUT2D eigenvalue weighted by Gasteiger charge is -2.22. The Hall–Kier alpha value is -1.95. The average Bonchev–Trinajstić information content (AvgIpc) is 2.42. The van der Waals surface area contributed by atoms with Crippen LogP contribution in [0.2, 0.25) is 0 Å². The Labute approximate surface area is 117 Å². The van der Waals surface area contributed by atoms with Gasteiger partial charge in [0.05, 0.1) is 18.0 Å². The van der Waals surface area contributed by atoms with Crippen molar-refractivity contribution in [3.63, 3.8) is 0 Å². The molecule has 1 amide bonds. The first-order valence-electron chi connectivity index (χ1n) is 6.95. The number of hydrogen-bond acceptors (Lipinski definition) is 3. The zero-order valence-corrected chi connectivity index (χ0v) is 11.6. The van der Waals surface area contributed by atoms with Crippen LogP contribution < -0.4 is 10.2 Å². The number of nitrogens with one attached hydrogen (secondary N) is 2. The van der Waals surface area contributed by atoms with Crippen molar-refractivity contribution in [2.75, 3.05) is 25.0 Å². The summed E-state index contributed by atoms with van der Waals surface area (Å²) < 4.78 is 0. The van der Waals surface area contributed by atoms with Crippen LogP contribution in [0.5, 0.6) is 0 Å². The number of carbonyl (C=O) groups excluding carboxylic acids is 1. The van der Waals surface area contributed by atoms with Crippen molar-refractivity contribution in [1.82, 2.24) is 0 Å². The van der Waals surface area contributed by atoms with Crippen LogP contribution >= 0.6 is 0 Å². The molecule has 1 aliphatic rings. The van der Waals surface area contributed by atoms with Crippen molar-refractivity contribution >= 4 is 17.3 Å². The largest absolute Gasteiger partial charge is 0.327 e. The molecule has 1 heterocycles. The summed E-state index contributed by atoms with van der Waals surface area (Å²) in [6.45, 7) is 4.33. The summed E-state index contributed by atoms with van der Waals surface area (Å²) in [5.41, 5.74) is 1.40. The van der Waals surface area contributed by atoms with E-state index in [2.05, 4.69) is 5.32 Å². The van der Waals surface area contributed by atoms with Gasteiger partial charge in [0.15, 0.2) is 6.54 Å². The number of aryl methyl sites for hydroxylation is 1. The van der Waals surface area contributed by atoms with Crippen molar-refractivity contribution < 1.29 is 14.6 Å². The number of anilines is 1. The van der Waals surface area contributed by atoms with Crippen LogP contribution in [-0.2, 0) is 4.79 Å². The van der Waals surface area contributed by atoms with Crippen molar-refractivity contribution in [2.24, 2.45) is 0 Å². The van der Waals surface area contributed by atoms with Crippen molar-refractivity contribution in [3.8, 4) is 0 Å². The highest BCUT2D eigenvalue weighted by Gasteiger charge is 2.18. The Bertz CT molecular complexity index is 510. The topological polar surface area (TPSA) is 76.7 Å². The van der Waals surface area contributed by atoms with Crippen molar-refractivity contribution in [2.45, 2.75) is 26.2 Å². The van der Waals surface area contributed by atoms with E-state index in [1.165, 1.54) is 36.3 Å². The Morgan fingerprint density at radius 1 is 1.35 bits per heavy atom. The molecular formula is C14H20N3O3+. The van der Waals surface area contributed by atoms with E-state index >= 15 is 0 Å². The lowest BCUT2D eigenvalue weighted by Crippen LogP contribution is -3.13. The average molecular weight is 278 g/mol. The van der Waals surface area contributed by atoms with Gasteiger partial charge in [0.2, 0.25) is 0 Å². The quantitative estimate of drug-likeness (QED) is 0.635. The molecular weight excluding hydrogens is 258 g/mol. The number of benzene rings is 1. The SMILES string of the molecule is Cc1cc([N+](=O)[O-])ccc1NC(=O)C[NH+]1CCCCC1. The van der Waals surface area contributed by atoms with E-state index in [-0.39, 0.29) is 11.6 Å². The van der Waals surface area contributed by atoms with Gasteiger partial charge in [0.25, 0.3) is 11.6 Å². The second-order valence-corrected chi connectivity index (χ2v) is 5.29. The molecule has 1 saturated heterocycles. The molecule has 0 aromatic heterocycles. The van der Waals surface area contributed by atoms with Crippen molar-refractivity contribution in [1.29, 1.82) is 0 Å². The number of nitro benzene ring substituents is 1. The smallest absolute Gasteiger partial charge is 0.279 e. The van der Waals surface area contributed by atoms with Gasteiger partial charge < -0.3 is 10.2 Å². The van der Waals surface area contributed by atoms with E-state index in [0.29, 0.717) is 17.8 Å². The van der Waals surface area contributed by atoms with Crippen LogP contribution in [0, 0.1) is 17.0 Å². The van der Waals surface area contributed by atoms with E-state index < -0.39 is 4.92 Å². The zero-order chi connectivity index (χ0) is 14.5. The summed E-state index contributed by atoms with van der Waals surface area (Å²) in [4.78, 5) is 23.5. The van der Waals surface area contributed by atoms with Crippen LogP contribution in [-0.4, -0.2) is 30.5 Å². The zero-order valence-electron chi connectivity index (χ0n) is 11.6. The number of amides is 1. The Kier molecular flexibility index (Phi) is 4.68. The molecule has 20 heavy (non-hydrogen) atoms. The molecule has 0 spiro atoms. The molecule has 0 unspecified atom stereocenters. The predicted molar refractivity (Wildman–Crippen MR) is 75.9 cm³/mol. The van der Waals surface area contributed by atoms with E-state index in [1.807, 2.05) is 0 Å². The first-order valence-corrected chi connectivity index (χ1v) is 6.95. The maximum atomic E-state index is 12.0. The molecule has 108 valence electrons. The maximum absolute atomic E-state index is 12.0. The Morgan fingerprint density at radius 3 is 2.65 bits per heavy atom. The molecule has 2 N–H and O–H groups in total. The van der Waals surface area contributed by atoms with Gasteiger partial charge in [-0.2, -0.15) is 0 Å². The fourth-order valence-electron chi connectivity index (χ4n) is 2.55. The highest BCUT2D eigenvalue weighted by molar-refractivity contribution is 5.92. The maximum Gasteiger partial charge on any atom is 0.279 e. The minimum absolute atomic E-state index is 0.0288. The summed E-state index contributed by atoms with van der Waals surface area (Å²) in [5, 5.41) is 13.5. The summed E-state index contributed by atoms with van der Waals surface area (Å²) in [6, 6.07) is 4.48. The minimum Gasteiger partial charge on any atom is -0.327 e. The fourth-order valence-corrected chi connectivity index (χ4v) is 2.55. The molecule has 0 bridgehead atoms. The molecule has 1 aromatic carbocycles. The second kappa shape index (κ2) is 6.47. The van der Waals surface area contributed by atoms with Crippen molar-refractivity contribution in [3.05, 3.63) is 33.9 Å². The number of carbonyl (C=O) groups is 1. The number of hydrogen-bond donors (Lipinski definition) is 2. The highest BCUT2D eigenvalue weighted by atomic mass is 16.6.